The van der Waals surface area contributed by atoms with E-state index in [1.54, 1.807) is 50.8 Å². The molecule has 1 aromatic carbocycles. The highest BCUT2D eigenvalue weighted by Crippen LogP contribution is 2.40. The van der Waals surface area contributed by atoms with Gasteiger partial charge in [-0.25, -0.2) is 0 Å². The summed E-state index contributed by atoms with van der Waals surface area (Å²) in [4.78, 5) is 47.6. The van der Waals surface area contributed by atoms with Gasteiger partial charge in [0.15, 0.2) is 0 Å². The van der Waals surface area contributed by atoms with Gasteiger partial charge in [0, 0.05) is 32.4 Å². The lowest BCUT2D eigenvalue weighted by Gasteiger charge is -2.45. The minimum absolute atomic E-state index is 0.0991. The van der Waals surface area contributed by atoms with Crippen LogP contribution in [0.2, 0.25) is 0 Å². The lowest BCUT2D eigenvalue weighted by molar-refractivity contribution is -0.123. The van der Waals surface area contributed by atoms with Gasteiger partial charge in [-0.3, -0.25) is 24.3 Å². The number of hydrogen-bond acceptors (Lipinski definition) is 5. The smallest absolute Gasteiger partial charge is 0.253 e. The monoisotopic (exact) mass is 407 g/mol. The SMILES string of the molecule is CN(C)C(=O)c1ccc2c(c1)N(CC(=O)Nc1cccnc1)C(=O)C1CCCCN21. The van der Waals surface area contributed by atoms with E-state index < -0.39 is 0 Å². The second-order valence-corrected chi connectivity index (χ2v) is 7.82. The van der Waals surface area contributed by atoms with Gasteiger partial charge in [-0.15, -0.1) is 0 Å². The van der Waals surface area contributed by atoms with Crippen molar-refractivity contribution < 1.29 is 14.4 Å². The van der Waals surface area contributed by atoms with E-state index >= 15 is 0 Å². The molecule has 30 heavy (non-hydrogen) atoms. The molecule has 1 aromatic heterocycles. The predicted molar refractivity (Wildman–Crippen MR) is 115 cm³/mol. The molecule has 8 nitrogen and oxygen atoms in total. The first-order valence-corrected chi connectivity index (χ1v) is 10.1. The molecule has 3 amide bonds. The van der Waals surface area contributed by atoms with E-state index in [0.717, 1.165) is 31.5 Å². The van der Waals surface area contributed by atoms with E-state index in [2.05, 4.69) is 15.2 Å². The van der Waals surface area contributed by atoms with Crippen molar-refractivity contribution in [1.82, 2.24) is 9.88 Å². The van der Waals surface area contributed by atoms with Crippen molar-refractivity contribution in [1.29, 1.82) is 0 Å². The molecule has 1 fully saturated rings. The molecule has 8 heteroatoms. The van der Waals surface area contributed by atoms with Crippen LogP contribution in [0.15, 0.2) is 42.7 Å². The van der Waals surface area contributed by atoms with Crippen molar-refractivity contribution in [3.63, 3.8) is 0 Å². The van der Waals surface area contributed by atoms with E-state index in [1.165, 1.54) is 9.80 Å². The van der Waals surface area contributed by atoms with Crippen molar-refractivity contribution in [2.24, 2.45) is 0 Å². The summed E-state index contributed by atoms with van der Waals surface area (Å²) < 4.78 is 0. The van der Waals surface area contributed by atoms with Crippen molar-refractivity contribution in [3.05, 3.63) is 48.3 Å². The minimum atomic E-state index is -0.309. The van der Waals surface area contributed by atoms with E-state index in [9.17, 15) is 14.4 Å². The summed E-state index contributed by atoms with van der Waals surface area (Å²) in [7, 11) is 3.37. The summed E-state index contributed by atoms with van der Waals surface area (Å²) >= 11 is 0. The third kappa shape index (κ3) is 3.72. The Hall–Kier alpha value is -3.42. The van der Waals surface area contributed by atoms with Crippen LogP contribution in [-0.4, -0.2) is 60.8 Å². The molecular weight excluding hydrogens is 382 g/mol. The minimum Gasteiger partial charge on any atom is -0.358 e. The Labute approximate surface area is 175 Å². The average molecular weight is 407 g/mol. The molecule has 1 N–H and O–H groups in total. The number of nitrogens with zero attached hydrogens (tertiary/aromatic N) is 4. The summed E-state index contributed by atoms with van der Waals surface area (Å²) in [6, 6.07) is 8.61. The molecule has 0 radical (unpaired) electrons. The van der Waals surface area contributed by atoms with E-state index in [1.807, 2.05) is 6.07 Å². The number of nitrogens with one attached hydrogen (secondary N) is 1. The van der Waals surface area contributed by atoms with E-state index in [-0.39, 0.29) is 30.3 Å². The maximum Gasteiger partial charge on any atom is 0.253 e. The number of piperidine rings is 1. The number of benzene rings is 1. The van der Waals surface area contributed by atoms with Gasteiger partial charge >= 0.3 is 0 Å². The molecule has 156 valence electrons. The molecule has 1 saturated heterocycles. The molecule has 0 bridgehead atoms. The average Bonchev–Trinajstić information content (AvgIpc) is 2.76. The Morgan fingerprint density at radius 3 is 2.77 bits per heavy atom. The zero-order valence-electron chi connectivity index (χ0n) is 17.2. The molecule has 2 aliphatic rings. The number of hydrogen-bond donors (Lipinski definition) is 1. The van der Waals surface area contributed by atoms with Crippen LogP contribution in [0.3, 0.4) is 0 Å². The van der Waals surface area contributed by atoms with Crippen molar-refractivity contribution in [2.75, 3.05) is 42.3 Å². The quantitative estimate of drug-likeness (QED) is 0.839. The number of pyridine rings is 1. The van der Waals surface area contributed by atoms with Gasteiger partial charge in [-0.2, -0.15) is 0 Å². The van der Waals surface area contributed by atoms with Crippen molar-refractivity contribution in [3.8, 4) is 0 Å². The summed E-state index contributed by atoms with van der Waals surface area (Å²) in [6.07, 6.45) is 5.94. The normalized spacial score (nSPS) is 17.8. The number of aromatic nitrogens is 1. The van der Waals surface area contributed by atoms with Crippen LogP contribution in [0, 0.1) is 0 Å². The first-order chi connectivity index (χ1) is 14.5. The zero-order valence-corrected chi connectivity index (χ0v) is 17.2. The Morgan fingerprint density at radius 1 is 1.20 bits per heavy atom. The van der Waals surface area contributed by atoms with Crippen molar-refractivity contribution in [2.45, 2.75) is 25.3 Å². The van der Waals surface area contributed by atoms with Gasteiger partial charge in [0.25, 0.3) is 5.91 Å². The van der Waals surface area contributed by atoms with Crippen molar-refractivity contribution >= 4 is 34.8 Å². The number of rotatable bonds is 4. The summed E-state index contributed by atoms with van der Waals surface area (Å²) in [5, 5.41) is 2.78. The molecule has 0 aliphatic carbocycles. The Balaban J connectivity index is 1.68. The van der Waals surface area contributed by atoms with Crippen LogP contribution in [0.5, 0.6) is 0 Å². The maximum absolute atomic E-state index is 13.3. The topological polar surface area (TPSA) is 85.9 Å². The van der Waals surface area contributed by atoms with Gasteiger partial charge in [0.05, 0.1) is 23.3 Å². The molecule has 2 aliphatic heterocycles. The maximum atomic E-state index is 13.3. The van der Waals surface area contributed by atoms with Crippen LogP contribution < -0.4 is 15.1 Å². The lowest BCUT2D eigenvalue weighted by Crippen LogP contribution is -2.56. The van der Waals surface area contributed by atoms with Crippen LogP contribution in [0.1, 0.15) is 29.6 Å². The largest absolute Gasteiger partial charge is 0.358 e. The highest BCUT2D eigenvalue weighted by atomic mass is 16.2. The summed E-state index contributed by atoms with van der Waals surface area (Å²) in [5.74, 6) is -0.556. The molecule has 0 saturated carbocycles. The van der Waals surface area contributed by atoms with Crippen LogP contribution in [0.25, 0.3) is 0 Å². The molecular formula is C22H25N5O3. The predicted octanol–water partition coefficient (Wildman–Crippen LogP) is 2.13. The Morgan fingerprint density at radius 2 is 2.03 bits per heavy atom. The standard InChI is InChI=1S/C22H25N5O3/c1-25(2)21(29)15-8-9-17-19(12-15)27(22(30)18-7-3-4-11-26(17)18)14-20(28)24-16-6-5-10-23-13-16/h5-6,8-10,12-13,18H,3-4,7,11,14H2,1-2H3,(H,24,28). The number of fused-ring (bicyclic) bond motifs is 3. The van der Waals surface area contributed by atoms with Crippen LogP contribution in [0.4, 0.5) is 17.1 Å². The first-order valence-electron chi connectivity index (χ1n) is 10.1. The van der Waals surface area contributed by atoms with Gasteiger partial charge in [0.1, 0.15) is 12.6 Å². The lowest BCUT2D eigenvalue weighted by atomic mass is 9.95. The summed E-state index contributed by atoms with van der Waals surface area (Å²) in [6.45, 7) is 0.671. The molecule has 1 unspecified atom stereocenters. The molecule has 0 spiro atoms. The zero-order chi connectivity index (χ0) is 21.3. The fraction of sp³-hybridized carbons (Fsp3) is 0.364. The van der Waals surface area contributed by atoms with Gasteiger partial charge in [-0.1, -0.05) is 0 Å². The fourth-order valence-corrected chi connectivity index (χ4v) is 4.09. The summed E-state index contributed by atoms with van der Waals surface area (Å²) in [5.41, 5.74) is 2.55. The number of anilines is 3. The number of carbonyl (C=O) groups excluding carboxylic acids is 3. The molecule has 1 atom stereocenters. The number of carbonyl (C=O) groups is 3. The van der Waals surface area contributed by atoms with E-state index in [0.29, 0.717) is 16.9 Å². The highest BCUT2D eigenvalue weighted by Gasteiger charge is 2.40. The van der Waals surface area contributed by atoms with Crippen LogP contribution in [-0.2, 0) is 9.59 Å². The Kier molecular flexibility index (Phi) is 5.39. The second-order valence-electron chi connectivity index (χ2n) is 7.82. The first kappa shape index (κ1) is 19.9. The Bertz CT molecular complexity index is 976. The molecule has 4 rings (SSSR count). The molecule has 2 aromatic rings. The number of amides is 3. The van der Waals surface area contributed by atoms with Gasteiger partial charge < -0.3 is 15.1 Å². The third-order valence-corrected chi connectivity index (χ3v) is 5.53. The fourth-order valence-electron chi connectivity index (χ4n) is 4.09. The molecule has 3 heterocycles. The van der Waals surface area contributed by atoms with Gasteiger partial charge in [-0.05, 0) is 49.6 Å². The highest BCUT2D eigenvalue weighted by molar-refractivity contribution is 6.11. The third-order valence-electron chi connectivity index (χ3n) is 5.53. The second kappa shape index (κ2) is 8.14. The van der Waals surface area contributed by atoms with E-state index in [4.69, 9.17) is 0 Å². The van der Waals surface area contributed by atoms with Crippen LogP contribution >= 0.6 is 0 Å². The van der Waals surface area contributed by atoms with Gasteiger partial charge in [0.2, 0.25) is 11.8 Å².